The molecule has 1 aliphatic carbocycles. The van der Waals surface area contributed by atoms with Gasteiger partial charge in [0.1, 0.15) is 17.9 Å². The number of rotatable bonds is 6. The summed E-state index contributed by atoms with van der Waals surface area (Å²) < 4.78 is 11.5. The second-order valence-electron chi connectivity index (χ2n) is 11.4. The van der Waals surface area contributed by atoms with Crippen LogP contribution in [0.5, 0.6) is 0 Å². The van der Waals surface area contributed by atoms with Crippen molar-refractivity contribution in [1.82, 2.24) is 14.8 Å². The van der Waals surface area contributed by atoms with Crippen molar-refractivity contribution >= 4 is 18.2 Å². The van der Waals surface area contributed by atoms with E-state index in [9.17, 15) is 19.5 Å². The van der Waals surface area contributed by atoms with Crippen molar-refractivity contribution in [1.29, 1.82) is 0 Å². The summed E-state index contributed by atoms with van der Waals surface area (Å²) in [6.45, 7) is 8.22. The van der Waals surface area contributed by atoms with E-state index in [1.165, 1.54) is 0 Å². The van der Waals surface area contributed by atoms with Gasteiger partial charge in [0.25, 0.3) is 0 Å². The SMILES string of the molecule is Cc1c(CN(C(=O)OCC2c3ccccc3-c3ccccc32)C2CCN(C(=O)OC(C)(C)C)C2)c[nH]c1C(=O)O. The molecule has 1 fully saturated rings. The summed E-state index contributed by atoms with van der Waals surface area (Å²) in [5, 5.41) is 9.49. The van der Waals surface area contributed by atoms with Gasteiger partial charge in [-0.2, -0.15) is 0 Å². The molecule has 2 heterocycles. The first-order valence-corrected chi connectivity index (χ1v) is 13.5. The van der Waals surface area contributed by atoms with Crippen LogP contribution in [0, 0.1) is 6.92 Å². The highest BCUT2D eigenvalue weighted by Crippen LogP contribution is 2.44. The number of hydrogen-bond acceptors (Lipinski definition) is 5. The Kier molecular flexibility index (Phi) is 7.31. The largest absolute Gasteiger partial charge is 0.477 e. The van der Waals surface area contributed by atoms with Crippen LogP contribution in [0.1, 0.15) is 65.9 Å². The van der Waals surface area contributed by atoms with E-state index >= 15 is 0 Å². The van der Waals surface area contributed by atoms with Crippen LogP contribution in [0.15, 0.2) is 54.7 Å². The maximum atomic E-state index is 13.7. The summed E-state index contributed by atoms with van der Waals surface area (Å²) in [6.07, 6.45) is 1.24. The molecular formula is C31H35N3O6. The quantitative estimate of drug-likeness (QED) is 0.406. The highest BCUT2D eigenvalue weighted by molar-refractivity contribution is 5.87. The van der Waals surface area contributed by atoms with Crippen molar-refractivity contribution in [3.05, 3.63) is 82.7 Å². The van der Waals surface area contributed by atoms with Crippen LogP contribution in [-0.2, 0) is 16.0 Å². The first-order valence-electron chi connectivity index (χ1n) is 13.5. The second kappa shape index (κ2) is 10.7. The molecule has 1 aliphatic heterocycles. The first-order chi connectivity index (χ1) is 19.0. The lowest BCUT2D eigenvalue weighted by Crippen LogP contribution is -2.43. The Morgan fingerprint density at radius 2 is 1.68 bits per heavy atom. The van der Waals surface area contributed by atoms with Crippen molar-refractivity contribution in [2.75, 3.05) is 19.7 Å². The number of carbonyl (C=O) groups is 3. The lowest BCUT2D eigenvalue weighted by molar-refractivity contribution is 0.0271. The maximum absolute atomic E-state index is 13.7. The van der Waals surface area contributed by atoms with Crippen LogP contribution in [-0.4, -0.2) is 69.4 Å². The number of carbonyl (C=O) groups excluding carboxylic acids is 2. The number of hydrogen-bond donors (Lipinski definition) is 2. The van der Waals surface area contributed by atoms with Crippen LogP contribution in [0.25, 0.3) is 11.1 Å². The average Bonchev–Trinajstić information content (AvgIpc) is 3.61. The predicted molar refractivity (Wildman–Crippen MR) is 149 cm³/mol. The van der Waals surface area contributed by atoms with E-state index < -0.39 is 23.8 Å². The highest BCUT2D eigenvalue weighted by atomic mass is 16.6. The lowest BCUT2D eigenvalue weighted by Gasteiger charge is -2.29. The van der Waals surface area contributed by atoms with Crippen molar-refractivity contribution in [2.24, 2.45) is 0 Å². The number of ether oxygens (including phenoxy) is 2. The van der Waals surface area contributed by atoms with Gasteiger partial charge >= 0.3 is 18.2 Å². The summed E-state index contributed by atoms with van der Waals surface area (Å²) in [4.78, 5) is 44.0. The van der Waals surface area contributed by atoms with Gasteiger partial charge in [-0.1, -0.05) is 48.5 Å². The Morgan fingerprint density at radius 1 is 1.05 bits per heavy atom. The van der Waals surface area contributed by atoms with Crippen LogP contribution < -0.4 is 0 Å². The van der Waals surface area contributed by atoms with Gasteiger partial charge in [-0.05, 0) is 67.5 Å². The molecule has 210 valence electrons. The molecule has 40 heavy (non-hydrogen) atoms. The van der Waals surface area contributed by atoms with Gasteiger partial charge in [-0.3, -0.25) is 4.90 Å². The van der Waals surface area contributed by atoms with Crippen molar-refractivity contribution in [3.63, 3.8) is 0 Å². The molecule has 0 saturated carbocycles. The molecule has 0 spiro atoms. The number of aromatic carboxylic acids is 1. The smallest absolute Gasteiger partial charge is 0.410 e. The molecule has 2 aliphatic rings. The zero-order valence-electron chi connectivity index (χ0n) is 23.3. The fourth-order valence-electron chi connectivity index (χ4n) is 5.61. The van der Waals surface area contributed by atoms with Crippen LogP contribution in [0.2, 0.25) is 0 Å². The summed E-state index contributed by atoms with van der Waals surface area (Å²) >= 11 is 0. The van der Waals surface area contributed by atoms with Crippen molar-refractivity contribution in [2.45, 2.75) is 58.2 Å². The topological polar surface area (TPSA) is 112 Å². The van der Waals surface area contributed by atoms with E-state index in [1.807, 2.05) is 45.0 Å². The molecule has 2 amide bonds. The molecule has 1 unspecified atom stereocenters. The normalized spacial score (nSPS) is 16.4. The van der Waals surface area contributed by atoms with Crippen molar-refractivity contribution in [3.8, 4) is 11.1 Å². The molecule has 9 nitrogen and oxygen atoms in total. The minimum Gasteiger partial charge on any atom is -0.477 e. The third kappa shape index (κ3) is 5.41. The number of nitrogens with zero attached hydrogens (tertiary/aromatic N) is 2. The Morgan fingerprint density at radius 3 is 2.25 bits per heavy atom. The summed E-state index contributed by atoms with van der Waals surface area (Å²) in [5.41, 5.74) is 5.22. The van der Waals surface area contributed by atoms with Gasteiger partial charge in [0.2, 0.25) is 0 Å². The van der Waals surface area contributed by atoms with Crippen LogP contribution in [0.4, 0.5) is 9.59 Å². The van der Waals surface area contributed by atoms with E-state index in [1.54, 1.807) is 22.9 Å². The Labute approximate surface area is 233 Å². The van der Waals surface area contributed by atoms with E-state index in [4.69, 9.17) is 9.47 Å². The molecule has 0 bridgehead atoms. The number of amides is 2. The van der Waals surface area contributed by atoms with Gasteiger partial charge in [-0.15, -0.1) is 0 Å². The minimum atomic E-state index is -1.06. The highest BCUT2D eigenvalue weighted by Gasteiger charge is 2.37. The molecular weight excluding hydrogens is 510 g/mol. The zero-order chi connectivity index (χ0) is 28.6. The van der Waals surface area contributed by atoms with Crippen LogP contribution in [0.3, 0.4) is 0 Å². The number of carboxylic acid groups (broad SMARTS) is 1. The number of likely N-dealkylation sites (tertiary alicyclic amines) is 1. The summed E-state index contributed by atoms with van der Waals surface area (Å²) in [7, 11) is 0. The molecule has 5 rings (SSSR count). The molecule has 9 heteroatoms. The molecule has 2 N–H and O–H groups in total. The number of nitrogens with one attached hydrogen (secondary N) is 1. The standard InChI is InChI=1S/C31H35N3O6/c1-19-20(15-32-27(19)28(35)36)16-34(21-13-14-33(17-21)29(37)40-31(2,3)4)30(38)39-18-26-24-11-7-5-9-22(24)23-10-6-8-12-25(23)26/h5-12,15,21,26,32H,13-14,16-18H2,1-4H3,(H,35,36). The monoisotopic (exact) mass is 545 g/mol. The van der Waals surface area contributed by atoms with Gasteiger partial charge in [0.15, 0.2) is 0 Å². The third-order valence-corrected chi connectivity index (χ3v) is 7.63. The number of carboxylic acids is 1. The number of H-pyrrole nitrogens is 1. The number of fused-ring (bicyclic) bond motifs is 3. The Hall–Kier alpha value is -4.27. The molecule has 1 atom stereocenters. The average molecular weight is 546 g/mol. The molecule has 3 aromatic rings. The van der Waals surface area contributed by atoms with E-state index in [-0.39, 0.29) is 30.8 Å². The number of aromatic amines is 1. The van der Waals surface area contributed by atoms with Crippen LogP contribution >= 0.6 is 0 Å². The molecule has 2 aromatic carbocycles. The van der Waals surface area contributed by atoms with E-state index in [0.717, 1.165) is 22.3 Å². The van der Waals surface area contributed by atoms with Gasteiger partial charge in [0.05, 0.1) is 12.6 Å². The Bertz CT molecular complexity index is 1390. The molecule has 1 aromatic heterocycles. The van der Waals surface area contributed by atoms with Gasteiger partial charge in [0, 0.05) is 25.2 Å². The number of benzene rings is 2. The van der Waals surface area contributed by atoms with Gasteiger partial charge in [-0.25, -0.2) is 14.4 Å². The third-order valence-electron chi connectivity index (χ3n) is 7.63. The zero-order valence-corrected chi connectivity index (χ0v) is 23.3. The fraction of sp³-hybridized carbons (Fsp3) is 0.387. The fourth-order valence-corrected chi connectivity index (χ4v) is 5.61. The second-order valence-corrected chi connectivity index (χ2v) is 11.4. The lowest BCUT2D eigenvalue weighted by atomic mass is 9.98. The Balaban J connectivity index is 1.36. The van der Waals surface area contributed by atoms with Gasteiger partial charge < -0.3 is 24.5 Å². The summed E-state index contributed by atoms with van der Waals surface area (Å²) in [6, 6.07) is 16.0. The predicted octanol–water partition coefficient (Wildman–Crippen LogP) is 5.78. The molecule has 0 radical (unpaired) electrons. The number of aromatic nitrogens is 1. The summed E-state index contributed by atoms with van der Waals surface area (Å²) in [5.74, 6) is -1.15. The van der Waals surface area contributed by atoms with Crippen molar-refractivity contribution < 1.29 is 29.0 Å². The maximum Gasteiger partial charge on any atom is 0.410 e. The van der Waals surface area contributed by atoms with E-state index in [0.29, 0.717) is 30.6 Å². The van der Waals surface area contributed by atoms with E-state index in [2.05, 4.69) is 29.2 Å². The first kappa shape index (κ1) is 27.3. The minimum absolute atomic E-state index is 0.0873. The molecule has 1 saturated heterocycles.